The highest BCUT2D eigenvalue weighted by Gasteiger charge is 2.13. The van der Waals surface area contributed by atoms with E-state index >= 15 is 0 Å². The fourth-order valence-electron chi connectivity index (χ4n) is 1.92. The van der Waals surface area contributed by atoms with Crippen molar-refractivity contribution in [2.75, 3.05) is 14.2 Å². The summed E-state index contributed by atoms with van der Waals surface area (Å²) in [6.45, 7) is 1.13. The van der Waals surface area contributed by atoms with Crippen LogP contribution in [0.25, 0.3) is 0 Å². The molecule has 0 bridgehead atoms. The Kier molecular flexibility index (Phi) is 5.34. The van der Waals surface area contributed by atoms with Crippen LogP contribution in [0.15, 0.2) is 40.2 Å². The normalized spacial score (nSPS) is 10.6. The molecule has 0 N–H and O–H groups in total. The zero-order valence-corrected chi connectivity index (χ0v) is 13.8. The first-order chi connectivity index (χ1) is 9.60. The molecule has 0 saturated heterocycles. The minimum Gasteiger partial charge on any atom is -0.380 e. The van der Waals surface area contributed by atoms with Crippen LogP contribution in [0.4, 0.5) is 0 Å². The van der Waals surface area contributed by atoms with Crippen molar-refractivity contribution in [1.82, 2.24) is 4.90 Å². The average molecular weight is 354 g/mol. The van der Waals surface area contributed by atoms with Gasteiger partial charge < -0.3 is 9.64 Å². The summed E-state index contributed by atoms with van der Waals surface area (Å²) >= 11 is 5.06. The molecule has 0 aliphatic rings. The number of ether oxygens (including phenoxy) is 1. The van der Waals surface area contributed by atoms with Crippen LogP contribution in [-0.2, 0) is 17.9 Å². The van der Waals surface area contributed by atoms with E-state index in [0.29, 0.717) is 18.7 Å². The zero-order chi connectivity index (χ0) is 14.5. The van der Waals surface area contributed by atoms with Crippen molar-refractivity contribution in [2.45, 2.75) is 13.2 Å². The molecule has 0 unspecified atom stereocenters. The second-order valence-electron chi connectivity index (χ2n) is 4.53. The Bertz CT molecular complexity index is 597. The molecule has 2 aromatic rings. The number of thiophene rings is 1. The maximum Gasteiger partial charge on any atom is 0.253 e. The van der Waals surface area contributed by atoms with E-state index in [1.54, 1.807) is 23.3 Å². The van der Waals surface area contributed by atoms with Crippen molar-refractivity contribution in [3.05, 3.63) is 56.2 Å². The molecule has 5 heteroatoms. The Balaban J connectivity index is 2.07. The van der Waals surface area contributed by atoms with Gasteiger partial charge in [0.15, 0.2) is 0 Å². The molecule has 3 nitrogen and oxygen atoms in total. The largest absolute Gasteiger partial charge is 0.380 e. The van der Waals surface area contributed by atoms with Crippen LogP contribution in [-0.4, -0.2) is 25.0 Å². The molecule has 0 aliphatic carbocycles. The second kappa shape index (κ2) is 7.02. The molecule has 2 rings (SSSR count). The number of nitrogens with zero attached hydrogens (tertiary/aromatic N) is 1. The standard InChI is InChI=1S/C15H16BrNO2S/c1-17(8-14-7-13(16)10-20-14)15(18)12-5-3-4-11(6-12)9-19-2/h3-7,10H,8-9H2,1-2H3. The van der Waals surface area contributed by atoms with Gasteiger partial charge >= 0.3 is 0 Å². The fourth-order valence-corrected chi connectivity index (χ4v) is 3.43. The van der Waals surface area contributed by atoms with E-state index in [2.05, 4.69) is 15.9 Å². The van der Waals surface area contributed by atoms with E-state index in [-0.39, 0.29) is 5.91 Å². The van der Waals surface area contributed by atoms with Crippen LogP contribution < -0.4 is 0 Å². The summed E-state index contributed by atoms with van der Waals surface area (Å²) < 4.78 is 6.15. The van der Waals surface area contributed by atoms with Crippen molar-refractivity contribution in [1.29, 1.82) is 0 Å². The molecule has 0 saturated carbocycles. The SMILES string of the molecule is COCc1cccc(C(=O)N(C)Cc2cc(Br)cs2)c1. The third-order valence-corrected chi connectivity index (χ3v) is 4.53. The van der Waals surface area contributed by atoms with Crippen LogP contribution in [0.1, 0.15) is 20.8 Å². The number of rotatable bonds is 5. The maximum atomic E-state index is 12.4. The lowest BCUT2D eigenvalue weighted by Gasteiger charge is -2.16. The molecular formula is C15H16BrNO2S. The Labute approximate surface area is 131 Å². The van der Waals surface area contributed by atoms with Crippen LogP contribution >= 0.6 is 27.3 Å². The monoisotopic (exact) mass is 353 g/mol. The van der Waals surface area contributed by atoms with Gasteiger partial charge in [0.25, 0.3) is 5.91 Å². The number of hydrogen-bond donors (Lipinski definition) is 0. The molecule has 0 aliphatic heterocycles. The van der Waals surface area contributed by atoms with Crippen molar-refractivity contribution < 1.29 is 9.53 Å². The lowest BCUT2D eigenvalue weighted by atomic mass is 10.1. The van der Waals surface area contributed by atoms with Crippen molar-refractivity contribution in [2.24, 2.45) is 0 Å². The number of carbonyl (C=O) groups is 1. The van der Waals surface area contributed by atoms with Crippen LogP contribution in [0.3, 0.4) is 0 Å². The summed E-state index contributed by atoms with van der Waals surface area (Å²) in [6, 6.07) is 9.60. The highest BCUT2D eigenvalue weighted by molar-refractivity contribution is 9.10. The molecule has 0 atom stereocenters. The summed E-state index contributed by atoms with van der Waals surface area (Å²) in [7, 11) is 3.47. The number of benzene rings is 1. The first-order valence-corrected chi connectivity index (χ1v) is 7.83. The zero-order valence-electron chi connectivity index (χ0n) is 11.4. The van der Waals surface area contributed by atoms with Gasteiger partial charge in [-0.25, -0.2) is 0 Å². The minimum absolute atomic E-state index is 0.0208. The van der Waals surface area contributed by atoms with Gasteiger partial charge in [0.05, 0.1) is 13.2 Å². The van der Waals surface area contributed by atoms with E-state index in [9.17, 15) is 4.79 Å². The Morgan fingerprint density at radius 1 is 1.40 bits per heavy atom. The predicted octanol–water partition coefficient (Wildman–Crippen LogP) is 3.93. The van der Waals surface area contributed by atoms with Gasteiger partial charge in [-0.15, -0.1) is 11.3 Å². The van der Waals surface area contributed by atoms with Gasteiger partial charge in [-0.2, -0.15) is 0 Å². The number of halogens is 1. The highest BCUT2D eigenvalue weighted by atomic mass is 79.9. The highest BCUT2D eigenvalue weighted by Crippen LogP contribution is 2.21. The van der Waals surface area contributed by atoms with Crippen molar-refractivity contribution in [3.8, 4) is 0 Å². The first-order valence-electron chi connectivity index (χ1n) is 6.16. The van der Waals surface area contributed by atoms with Gasteiger partial charge in [-0.1, -0.05) is 12.1 Å². The maximum absolute atomic E-state index is 12.4. The van der Waals surface area contributed by atoms with Gasteiger partial charge in [-0.3, -0.25) is 4.79 Å². The van der Waals surface area contributed by atoms with E-state index < -0.39 is 0 Å². The van der Waals surface area contributed by atoms with Gasteiger partial charge in [0, 0.05) is 34.5 Å². The average Bonchev–Trinajstić information content (AvgIpc) is 2.84. The van der Waals surface area contributed by atoms with Gasteiger partial charge in [0.1, 0.15) is 0 Å². The molecule has 0 spiro atoms. The summed E-state index contributed by atoms with van der Waals surface area (Å²) in [4.78, 5) is 15.3. The van der Waals surface area contributed by atoms with E-state index in [0.717, 1.165) is 14.9 Å². The molecule has 1 heterocycles. The summed E-state index contributed by atoms with van der Waals surface area (Å²) in [5.74, 6) is 0.0208. The number of hydrogen-bond acceptors (Lipinski definition) is 3. The second-order valence-corrected chi connectivity index (χ2v) is 6.44. The Hall–Kier alpha value is -1.17. The molecule has 0 fully saturated rings. The van der Waals surface area contributed by atoms with Gasteiger partial charge in [-0.05, 0) is 39.7 Å². The minimum atomic E-state index is 0.0208. The van der Waals surface area contributed by atoms with Gasteiger partial charge in [0.2, 0.25) is 0 Å². The first kappa shape index (κ1) is 15.2. The molecular weight excluding hydrogens is 338 g/mol. The molecule has 1 aromatic heterocycles. The van der Waals surface area contributed by atoms with E-state index in [1.165, 1.54) is 0 Å². The molecule has 0 radical (unpaired) electrons. The third kappa shape index (κ3) is 3.91. The topological polar surface area (TPSA) is 29.5 Å². The summed E-state index contributed by atoms with van der Waals surface area (Å²) in [5, 5.41) is 2.02. The van der Waals surface area contributed by atoms with Crippen molar-refractivity contribution >= 4 is 33.2 Å². The third-order valence-electron chi connectivity index (χ3n) is 2.85. The fraction of sp³-hybridized carbons (Fsp3) is 0.267. The predicted molar refractivity (Wildman–Crippen MR) is 85.0 cm³/mol. The smallest absolute Gasteiger partial charge is 0.253 e. The lowest BCUT2D eigenvalue weighted by molar-refractivity contribution is 0.0786. The van der Waals surface area contributed by atoms with E-state index in [1.807, 2.05) is 42.8 Å². The van der Waals surface area contributed by atoms with E-state index in [4.69, 9.17) is 4.74 Å². The molecule has 106 valence electrons. The van der Waals surface area contributed by atoms with Crippen LogP contribution in [0.2, 0.25) is 0 Å². The van der Waals surface area contributed by atoms with Crippen molar-refractivity contribution in [3.63, 3.8) is 0 Å². The molecule has 1 aromatic carbocycles. The summed E-state index contributed by atoms with van der Waals surface area (Å²) in [5.41, 5.74) is 1.70. The summed E-state index contributed by atoms with van der Waals surface area (Å²) in [6.07, 6.45) is 0. The lowest BCUT2D eigenvalue weighted by Crippen LogP contribution is -2.25. The van der Waals surface area contributed by atoms with Crippen LogP contribution in [0, 0.1) is 0 Å². The molecule has 1 amide bonds. The number of amides is 1. The molecule has 20 heavy (non-hydrogen) atoms. The van der Waals surface area contributed by atoms with Crippen LogP contribution in [0.5, 0.6) is 0 Å². The quantitative estimate of drug-likeness (QED) is 0.814. The Morgan fingerprint density at radius 2 is 2.20 bits per heavy atom. The number of carbonyl (C=O) groups excluding carboxylic acids is 1. The number of methoxy groups -OCH3 is 1. The Morgan fingerprint density at radius 3 is 2.85 bits per heavy atom.